The second-order valence-electron chi connectivity index (χ2n) is 7.00. The average Bonchev–Trinajstić information content (AvgIpc) is 3.27. The third kappa shape index (κ3) is 4.61. The number of para-hydroxylation sites is 1. The van der Waals surface area contributed by atoms with Gasteiger partial charge in [-0.3, -0.25) is 4.79 Å². The van der Waals surface area contributed by atoms with Crippen molar-refractivity contribution in [3.63, 3.8) is 0 Å². The molecule has 0 N–H and O–H groups in total. The summed E-state index contributed by atoms with van der Waals surface area (Å²) in [6, 6.07) is 17.3. The van der Waals surface area contributed by atoms with Crippen molar-refractivity contribution in [2.75, 3.05) is 26.2 Å². The molecule has 0 saturated carbocycles. The number of hydrogen-bond donors (Lipinski definition) is 0. The van der Waals surface area contributed by atoms with Crippen LogP contribution in [0.25, 0.3) is 0 Å². The first kappa shape index (κ1) is 21.4. The van der Waals surface area contributed by atoms with E-state index in [1.54, 1.807) is 29.2 Å². The van der Waals surface area contributed by atoms with Crippen LogP contribution in [0.3, 0.4) is 0 Å². The van der Waals surface area contributed by atoms with Crippen molar-refractivity contribution in [2.24, 2.45) is 0 Å². The molecule has 0 bridgehead atoms. The number of nitrogens with zero attached hydrogens (tertiary/aromatic N) is 2. The van der Waals surface area contributed by atoms with Crippen LogP contribution in [0.2, 0.25) is 5.02 Å². The summed E-state index contributed by atoms with van der Waals surface area (Å²) in [5.41, 5.74) is 0.639. The largest absolute Gasteiger partial charge is 0.489 e. The Morgan fingerprint density at radius 1 is 0.968 bits per heavy atom. The van der Waals surface area contributed by atoms with Crippen LogP contribution in [0, 0.1) is 0 Å². The Bertz CT molecular complexity index is 1160. The van der Waals surface area contributed by atoms with Gasteiger partial charge in [-0.25, -0.2) is 8.42 Å². The summed E-state index contributed by atoms with van der Waals surface area (Å²) in [5, 5.41) is 0.180. The molecule has 1 aromatic heterocycles. The van der Waals surface area contributed by atoms with Crippen LogP contribution in [0.4, 0.5) is 0 Å². The van der Waals surface area contributed by atoms with Gasteiger partial charge in [0.25, 0.3) is 5.91 Å². The molecule has 0 spiro atoms. The lowest BCUT2D eigenvalue weighted by Crippen LogP contribution is -2.50. The lowest BCUT2D eigenvalue weighted by molar-refractivity contribution is 0.0662. The molecule has 0 atom stereocenters. The van der Waals surface area contributed by atoms with Gasteiger partial charge in [0.05, 0.1) is 11.3 Å². The van der Waals surface area contributed by atoms with E-state index in [2.05, 4.69) is 0 Å². The number of hydrogen-bond acceptors (Lipinski definition) is 5. The zero-order valence-corrected chi connectivity index (χ0v) is 18.2. The molecule has 1 fully saturated rings. The normalized spacial score (nSPS) is 15.1. The molecular formula is C22H21ClN2O5S. The van der Waals surface area contributed by atoms with E-state index in [1.807, 2.05) is 30.3 Å². The number of carbonyl (C=O) groups excluding carboxylic acids is 1. The number of sulfonamides is 1. The molecule has 0 unspecified atom stereocenters. The Balaban J connectivity index is 1.40. The third-order valence-corrected chi connectivity index (χ3v) is 7.46. The highest BCUT2D eigenvalue weighted by atomic mass is 35.5. The van der Waals surface area contributed by atoms with E-state index in [9.17, 15) is 13.2 Å². The fraction of sp³-hybridized carbons (Fsp3) is 0.227. The summed E-state index contributed by atoms with van der Waals surface area (Å²) in [7, 11) is -3.72. The summed E-state index contributed by atoms with van der Waals surface area (Å²) >= 11 is 6.07. The van der Waals surface area contributed by atoms with Gasteiger partial charge in [0.1, 0.15) is 17.3 Å². The van der Waals surface area contributed by atoms with Crippen LogP contribution in [-0.2, 0) is 16.6 Å². The molecule has 1 amide bonds. The third-order valence-electron chi connectivity index (χ3n) is 5.06. The zero-order valence-electron chi connectivity index (χ0n) is 16.6. The molecule has 2 aromatic carbocycles. The number of carbonyl (C=O) groups is 1. The number of halogens is 1. The molecule has 31 heavy (non-hydrogen) atoms. The molecule has 2 heterocycles. The molecule has 1 aliphatic heterocycles. The summed E-state index contributed by atoms with van der Waals surface area (Å²) in [6.07, 6.45) is 1.45. The standard InChI is InChI=1S/C22H21ClN2O5S/c23-19-8-4-5-9-20(19)31(27,28)25-13-11-24(12-14-25)22(26)21-17(10-15-29-21)16-30-18-6-2-1-3-7-18/h1-10,15H,11-14,16H2. The van der Waals surface area contributed by atoms with Crippen molar-refractivity contribution >= 4 is 27.5 Å². The molecule has 4 rings (SSSR count). The average molecular weight is 461 g/mol. The number of ether oxygens (including phenoxy) is 1. The van der Waals surface area contributed by atoms with Crippen molar-refractivity contribution in [1.29, 1.82) is 0 Å². The second-order valence-corrected chi connectivity index (χ2v) is 9.32. The van der Waals surface area contributed by atoms with E-state index in [0.29, 0.717) is 11.3 Å². The van der Waals surface area contributed by atoms with Gasteiger partial charge in [-0.1, -0.05) is 41.9 Å². The molecule has 1 aliphatic rings. The number of amides is 1. The molecule has 7 nitrogen and oxygen atoms in total. The van der Waals surface area contributed by atoms with Gasteiger partial charge in [0.15, 0.2) is 5.76 Å². The van der Waals surface area contributed by atoms with E-state index >= 15 is 0 Å². The highest BCUT2D eigenvalue weighted by Gasteiger charge is 2.32. The van der Waals surface area contributed by atoms with Crippen molar-refractivity contribution in [2.45, 2.75) is 11.5 Å². The van der Waals surface area contributed by atoms with Crippen molar-refractivity contribution in [3.8, 4) is 5.75 Å². The number of benzene rings is 2. The van der Waals surface area contributed by atoms with Crippen molar-refractivity contribution in [1.82, 2.24) is 9.21 Å². The Kier molecular flexibility index (Phi) is 6.31. The summed E-state index contributed by atoms with van der Waals surface area (Å²) in [4.78, 5) is 14.6. The summed E-state index contributed by atoms with van der Waals surface area (Å²) in [5.74, 6) is 0.616. The molecule has 162 valence electrons. The van der Waals surface area contributed by atoms with Crippen LogP contribution < -0.4 is 4.74 Å². The molecule has 9 heteroatoms. The van der Waals surface area contributed by atoms with Gasteiger partial charge in [0.2, 0.25) is 10.0 Å². The van der Waals surface area contributed by atoms with E-state index < -0.39 is 10.0 Å². The maximum Gasteiger partial charge on any atom is 0.290 e. The molecule has 3 aromatic rings. The monoisotopic (exact) mass is 460 g/mol. The van der Waals surface area contributed by atoms with Crippen LogP contribution in [0.1, 0.15) is 16.1 Å². The highest BCUT2D eigenvalue weighted by molar-refractivity contribution is 7.89. The maximum absolute atomic E-state index is 13.0. The molecular weight excluding hydrogens is 440 g/mol. The van der Waals surface area contributed by atoms with Crippen LogP contribution >= 0.6 is 11.6 Å². The fourth-order valence-corrected chi connectivity index (χ4v) is 5.30. The number of rotatable bonds is 6. The first-order chi connectivity index (χ1) is 15.0. The Labute approximate surface area is 185 Å². The van der Waals surface area contributed by atoms with E-state index in [-0.39, 0.29) is 54.4 Å². The Morgan fingerprint density at radius 3 is 2.35 bits per heavy atom. The lowest BCUT2D eigenvalue weighted by Gasteiger charge is -2.33. The van der Waals surface area contributed by atoms with Crippen molar-refractivity contribution in [3.05, 3.63) is 83.3 Å². The number of piperazine rings is 1. The Morgan fingerprint density at radius 2 is 1.65 bits per heavy atom. The van der Waals surface area contributed by atoms with E-state index in [4.69, 9.17) is 20.8 Å². The predicted molar refractivity (Wildman–Crippen MR) is 116 cm³/mol. The van der Waals surface area contributed by atoms with E-state index in [0.717, 1.165) is 0 Å². The first-order valence-corrected chi connectivity index (χ1v) is 11.6. The minimum absolute atomic E-state index is 0.0721. The first-order valence-electron chi connectivity index (χ1n) is 9.75. The van der Waals surface area contributed by atoms with Gasteiger partial charge < -0.3 is 14.1 Å². The lowest BCUT2D eigenvalue weighted by atomic mass is 10.2. The van der Waals surface area contributed by atoms with Gasteiger partial charge in [-0.05, 0) is 30.3 Å². The smallest absolute Gasteiger partial charge is 0.290 e. The van der Waals surface area contributed by atoms with Crippen LogP contribution in [0.5, 0.6) is 5.75 Å². The molecule has 0 radical (unpaired) electrons. The fourth-order valence-electron chi connectivity index (χ4n) is 3.38. The van der Waals surface area contributed by atoms with Crippen molar-refractivity contribution < 1.29 is 22.4 Å². The maximum atomic E-state index is 13.0. The van der Waals surface area contributed by atoms with Crippen LogP contribution in [-0.4, -0.2) is 49.7 Å². The number of furan rings is 1. The van der Waals surface area contributed by atoms with Crippen LogP contribution in [0.15, 0.2) is 76.2 Å². The quantitative estimate of drug-likeness (QED) is 0.560. The molecule has 0 aliphatic carbocycles. The molecule has 1 saturated heterocycles. The summed E-state index contributed by atoms with van der Waals surface area (Å²) in [6.45, 7) is 1.05. The summed E-state index contributed by atoms with van der Waals surface area (Å²) < 4.78 is 38.3. The SMILES string of the molecule is O=C(c1occc1COc1ccccc1)N1CCN(S(=O)(=O)c2ccccc2Cl)CC1. The van der Waals surface area contributed by atoms with Gasteiger partial charge in [-0.2, -0.15) is 4.31 Å². The highest BCUT2D eigenvalue weighted by Crippen LogP contribution is 2.25. The van der Waals surface area contributed by atoms with Gasteiger partial charge in [0, 0.05) is 31.7 Å². The minimum Gasteiger partial charge on any atom is -0.489 e. The topological polar surface area (TPSA) is 80.1 Å². The van der Waals surface area contributed by atoms with E-state index in [1.165, 1.54) is 16.6 Å². The van der Waals surface area contributed by atoms with Gasteiger partial charge >= 0.3 is 0 Å². The minimum atomic E-state index is -3.72. The zero-order chi connectivity index (χ0) is 21.8. The van der Waals surface area contributed by atoms with Gasteiger partial charge in [-0.15, -0.1) is 0 Å². The predicted octanol–water partition coefficient (Wildman–Crippen LogP) is 3.66. The Hall–Kier alpha value is -2.81. The second kappa shape index (κ2) is 9.13.